The molecule has 0 saturated heterocycles. The number of non-ortho nitro benzene ring substituents is 1. The number of aromatic nitrogens is 1. The molecule has 10 heteroatoms. The van der Waals surface area contributed by atoms with Gasteiger partial charge in [0.2, 0.25) is 0 Å². The maximum Gasteiger partial charge on any atom is 0.345 e. The molecule has 3 aromatic heterocycles. The summed E-state index contributed by atoms with van der Waals surface area (Å²) in [5, 5.41) is 23.6. The number of thiazole rings is 1. The van der Waals surface area contributed by atoms with Crippen LogP contribution in [0.4, 0.5) is 5.69 Å². The van der Waals surface area contributed by atoms with E-state index in [9.17, 15) is 20.2 Å². The number of nitro benzene ring substituents is 1. The molecule has 0 fully saturated rings. The van der Waals surface area contributed by atoms with Crippen molar-refractivity contribution in [2.45, 2.75) is 0 Å². The number of halogens is 1. The highest BCUT2D eigenvalue weighted by molar-refractivity contribution is 9.10. The van der Waals surface area contributed by atoms with Crippen LogP contribution in [0.2, 0.25) is 0 Å². The molecule has 5 rings (SSSR count). The number of nitriles is 1. The van der Waals surface area contributed by atoms with Gasteiger partial charge in [0.05, 0.1) is 21.8 Å². The quantitative estimate of drug-likeness (QED) is 0.102. The van der Waals surface area contributed by atoms with Crippen molar-refractivity contribution in [3.05, 3.63) is 102 Å². The van der Waals surface area contributed by atoms with Gasteiger partial charge in [-0.05, 0) is 36.4 Å². The second kappa shape index (κ2) is 9.13. The van der Waals surface area contributed by atoms with Crippen LogP contribution < -0.4 is 5.63 Å². The molecule has 0 atom stereocenters. The lowest BCUT2D eigenvalue weighted by Crippen LogP contribution is -2.02. The number of hydrogen-bond acceptors (Lipinski definition) is 8. The van der Waals surface area contributed by atoms with E-state index in [1.165, 1.54) is 29.5 Å². The molecule has 5 aromatic rings. The first-order chi connectivity index (χ1) is 16.9. The van der Waals surface area contributed by atoms with Crippen LogP contribution >= 0.6 is 27.3 Å². The normalized spacial score (nSPS) is 11.5. The molecule has 0 saturated carbocycles. The van der Waals surface area contributed by atoms with Crippen molar-refractivity contribution in [3.63, 3.8) is 0 Å². The van der Waals surface area contributed by atoms with Gasteiger partial charge in [-0.2, -0.15) is 5.26 Å². The molecule has 3 heterocycles. The minimum Gasteiger partial charge on any atom is -0.457 e. The molecule has 35 heavy (non-hydrogen) atoms. The molecule has 0 amide bonds. The highest BCUT2D eigenvalue weighted by Gasteiger charge is 2.15. The van der Waals surface area contributed by atoms with Crippen molar-refractivity contribution in [2.75, 3.05) is 0 Å². The molecule has 0 aliphatic carbocycles. The van der Waals surface area contributed by atoms with E-state index in [0.29, 0.717) is 38.9 Å². The summed E-state index contributed by atoms with van der Waals surface area (Å²) in [6.07, 6.45) is 1.53. The van der Waals surface area contributed by atoms with E-state index in [-0.39, 0.29) is 11.3 Å². The smallest absolute Gasteiger partial charge is 0.345 e. The highest BCUT2D eigenvalue weighted by atomic mass is 79.9. The lowest BCUT2D eigenvalue weighted by atomic mass is 10.1. The van der Waals surface area contributed by atoms with Gasteiger partial charge in [-0.15, -0.1) is 11.3 Å². The summed E-state index contributed by atoms with van der Waals surface area (Å²) in [6, 6.07) is 18.6. The summed E-state index contributed by atoms with van der Waals surface area (Å²) in [6.45, 7) is 0. The molecular weight excluding hydrogens is 534 g/mol. The minimum atomic E-state index is -0.521. The number of furan rings is 1. The summed E-state index contributed by atoms with van der Waals surface area (Å²) < 4.78 is 12.0. The van der Waals surface area contributed by atoms with Gasteiger partial charge in [-0.25, -0.2) is 9.78 Å². The van der Waals surface area contributed by atoms with Crippen molar-refractivity contribution in [1.82, 2.24) is 4.98 Å². The van der Waals surface area contributed by atoms with E-state index in [1.54, 1.807) is 47.8 Å². The summed E-state index contributed by atoms with van der Waals surface area (Å²) in [4.78, 5) is 27.5. The summed E-state index contributed by atoms with van der Waals surface area (Å²) >= 11 is 4.62. The summed E-state index contributed by atoms with van der Waals surface area (Å²) in [7, 11) is 0. The molecule has 0 aliphatic heterocycles. The third kappa shape index (κ3) is 4.55. The molecule has 8 nitrogen and oxygen atoms in total. The third-order valence-corrected chi connectivity index (χ3v) is 6.45. The zero-order valence-electron chi connectivity index (χ0n) is 17.6. The number of benzene rings is 2. The Morgan fingerprint density at radius 2 is 2.00 bits per heavy atom. The van der Waals surface area contributed by atoms with Gasteiger partial charge >= 0.3 is 5.63 Å². The maximum atomic E-state index is 12.5. The van der Waals surface area contributed by atoms with Gasteiger partial charge in [0.25, 0.3) is 5.69 Å². The van der Waals surface area contributed by atoms with Crippen LogP contribution in [-0.2, 0) is 0 Å². The lowest BCUT2D eigenvalue weighted by molar-refractivity contribution is -0.384. The monoisotopic (exact) mass is 545 g/mol. The van der Waals surface area contributed by atoms with Gasteiger partial charge < -0.3 is 8.83 Å². The third-order valence-electron chi connectivity index (χ3n) is 5.08. The van der Waals surface area contributed by atoms with Gasteiger partial charge in [0, 0.05) is 39.0 Å². The molecule has 2 aromatic carbocycles. The second-order valence-corrected chi connectivity index (χ2v) is 9.12. The first-order valence-corrected chi connectivity index (χ1v) is 11.7. The Balaban J connectivity index is 1.47. The van der Waals surface area contributed by atoms with E-state index in [1.807, 2.05) is 6.07 Å². The van der Waals surface area contributed by atoms with E-state index in [4.69, 9.17) is 8.83 Å². The molecule has 0 radical (unpaired) electrons. The fraction of sp³-hybridized carbons (Fsp3) is 0. The van der Waals surface area contributed by atoms with Crippen molar-refractivity contribution in [3.8, 4) is 28.7 Å². The highest BCUT2D eigenvalue weighted by Crippen LogP contribution is 2.30. The summed E-state index contributed by atoms with van der Waals surface area (Å²) in [5.41, 5.74) is 1.38. The topological polar surface area (TPSA) is 123 Å². The van der Waals surface area contributed by atoms with Crippen molar-refractivity contribution < 1.29 is 13.8 Å². The van der Waals surface area contributed by atoms with E-state index < -0.39 is 10.5 Å². The predicted octanol–water partition coefficient (Wildman–Crippen LogP) is 6.91. The van der Waals surface area contributed by atoms with Crippen LogP contribution in [0.5, 0.6) is 0 Å². The zero-order valence-corrected chi connectivity index (χ0v) is 20.0. The Morgan fingerprint density at radius 3 is 2.80 bits per heavy atom. The van der Waals surface area contributed by atoms with Gasteiger partial charge in [-0.1, -0.05) is 28.1 Å². The Kier molecular flexibility index (Phi) is 5.86. The fourth-order valence-electron chi connectivity index (χ4n) is 3.44. The number of fused-ring (bicyclic) bond motifs is 1. The average molecular weight is 546 g/mol. The zero-order chi connectivity index (χ0) is 24.5. The Hall–Kier alpha value is -4.33. The van der Waals surface area contributed by atoms with Crippen LogP contribution in [0.25, 0.3) is 45.2 Å². The fourth-order valence-corrected chi connectivity index (χ4v) is 4.60. The van der Waals surface area contributed by atoms with Gasteiger partial charge in [0.15, 0.2) is 0 Å². The van der Waals surface area contributed by atoms with Crippen LogP contribution in [0.15, 0.2) is 84.1 Å². The first kappa shape index (κ1) is 22.5. The Morgan fingerprint density at radius 1 is 1.14 bits per heavy atom. The largest absolute Gasteiger partial charge is 0.457 e. The lowest BCUT2D eigenvalue weighted by Gasteiger charge is -2.00. The van der Waals surface area contributed by atoms with E-state index in [2.05, 4.69) is 27.0 Å². The van der Waals surface area contributed by atoms with Crippen molar-refractivity contribution in [2.24, 2.45) is 0 Å². The SMILES string of the molecule is N#CC(=Cc1ccc(-c2cccc([N+](=O)[O-])c2)o1)c1nc(-c2cc3cc(Br)ccc3oc2=O)cs1. The number of allylic oxidation sites excluding steroid dienone is 1. The molecule has 0 N–H and O–H groups in total. The molecule has 0 aliphatic rings. The second-order valence-electron chi connectivity index (χ2n) is 7.35. The number of nitro groups is 1. The molecule has 0 spiro atoms. The van der Waals surface area contributed by atoms with Crippen LogP contribution in [0.1, 0.15) is 10.8 Å². The van der Waals surface area contributed by atoms with Crippen LogP contribution in [-0.4, -0.2) is 9.91 Å². The minimum absolute atomic E-state index is 0.0467. The van der Waals surface area contributed by atoms with Gasteiger partial charge in [0.1, 0.15) is 28.2 Å². The van der Waals surface area contributed by atoms with Crippen LogP contribution in [0, 0.1) is 21.4 Å². The number of hydrogen-bond donors (Lipinski definition) is 0. The molecule has 0 bridgehead atoms. The molecule has 170 valence electrons. The Bertz CT molecular complexity index is 1740. The first-order valence-electron chi connectivity index (χ1n) is 10.1. The van der Waals surface area contributed by atoms with Crippen LogP contribution in [0.3, 0.4) is 0 Å². The van der Waals surface area contributed by atoms with Crippen molar-refractivity contribution >= 4 is 55.6 Å². The average Bonchev–Trinajstić information content (AvgIpc) is 3.52. The van der Waals surface area contributed by atoms with Gasteiger partial charge in [-0.3, -0.25) is 10.1 Å². The standard InChI is InChI=1S/C25H12BrN3O5S/c26-17-4-6-23-15(8-17)11-20(25(30)34-23)21-13-35-24(28-21)16(12-27)10-19-5-7-22(33-19)14-2-1-3-18(9-14)29(31)32/h1-11,13H. The number of nitrogens with zero attached hydrogens (tertiary/aromatic N) is 3. The molecular formula is C25H12BrN3O5S. The van der Waals surface area contributed by atoms with E-state index >= 15 is 0 Å². The summed E-state index contributed by atoms with van der Waals surface area (Å²) in [5.74, 6) is 0.812. The Labute approximate surface area is 209 Å². The van der Waals surface area contributed by atoms with E-state index in [0.717, 1.165) is 9.86 Å². The maximum absolute atomic E-state index is 12.5. The molecule has 0 unspecified atom stereocenters. The predicted molar refractivity (Wildman–Crippen MR) is 136 cm³/mol. The number of rotatable bonds is 5. The van der Waals surface area contributed by atoms with Crippen molar-refractivity contribution in [1.29, 1.82) is 5.26 Å².